The Morgan fingerprint density at radius 3 is 2.70 bits per heavy atom. The van der Waals surface area contributed by atoms with Crippen LogP contribution >= 0.6 is 15.9 Å². The number of nitrogens with zero attached hydrogens (tertiary/aromatic N) is 1. The summed E-state index contributed by atoms with van der Waals surface area (Å²) in [5.41, 5.74) is 0. The van der Waals surface area contributed by atoms with Crippen LogP contribution in [0.2, 0.25) is 0 Å². The first-order valence-electron chi connectivity index (χ1n) is 6.32. The number of amides is 1. The number of carbonyl (C=O) groups is 2. The van der Waals surface area contributed by atoms with Gasteiger partial charge >= 0.3 is 5.97 Å². The summed E-state index contributed by atoms with van der Waals surface area (Å²) in [6, 6.07) is 3.14. The van der Waals surface area contributed by atoms with Gasteiger partial charge in [-0.2, -0.15) is 0 Å². The number of aliphatic hydroxyl groups excluding tert-OH is 1. The molecule has 0 spiro atoms. The number of ether oxygens (including phenoxy) is 1. The van der Waals surface area contributed by atoms with E-state index < -0.39 is 6.10 Å². The van der Waals surface area contributed by atoms with Crippen LogP contribution in [0.5, 0.6) is 0 Å². The second-order valence-corrected chi connectivity index (χ2v) is 5.04. The summed E-state index contributed by atoms with van der Waals surface area (Å²) in [5.74, 6) is -0.598. The van der Waals surface area contributed by atoms with Crippen molar-refractivity contribution in [1.29, 1.82) is 0 Å². The van der Waals surface area contributed by atoms with Crippen LogP contribution < -0.4 is 0 Å². The largest absolute Gasteiger partial charge is 0.466 e. The van der Waals surface area contributed by atoms with E-state index in [1.807, 2.05) is 0 Å². The molecule has 0 aliphatic heterocycles. The predicted octanol–water partition coefficient (Wildman–Crippen LogP) is 1.82. The summed E-state index contributed by atoms with van der Waals surface area (Å²) in [5, 5.41) is 9.44. The minimum absolute atomic E-state index is 0.0776. The molecule has 1 rings (SSSR count). The molecule has 0 saturated carbocycles. The second-order valence-electron chi connectivity index (χ2n) is 4.26. The molecule has 0 aromatic carbocycles. The highest BCUT2D eigenvalue weighted by Crippen LogP contribution is 2.16. The Balaban J connectivity index is 2.68. The van der Waals surface area contributed by atoms with E-state index in [9.17, 15) is 14.7 Å². The van der Waals surface area contributed by atoms with Crippen molar-refractivity contribution in [3.05, 3.63) is 22.6 Å². The summed E-state index contributed by atoms with van der Waals surface area (Å²) < 4.78 is 10.5. The van der Waals surface area contributed by atoms with E-state index >= 15 is 0 Å². The molecule has 7 heteroatoms. The lowest BCUT2D eigenvalue weighted by molar-refractivity contribution is -0.143. The lowest BCUT2D eigenvalue weighted by atomic mass is 10.3. The predicted molar refractivity (Wildman–Crippen MR) is 75.2 cm³/mol. The fraction of sp³-hybridized carbons (Fsp3) is 0.538. The Bertz CT molecular complexity index is 457. The highest BCUT2D eigenvalue weighted by Gasteiger charge is 2.21. The van der Waals surface area contributed by atoms with Crippen molar-refractivity contribution in [1.82, 2.24) is 4.90 Å². The van der Waals surface area contributed by atoms with Gasteiger partial charge in [-0.05, 0) is 41.9 Å². The average molecular weight is 348 g/mol. The van der Waals surface area contributed by atoms with Gasteiger partial charge in [-0.25, -0.2) is 0 Å². The van der Waals surface area contributed by atoms with Crippen molar-refractivity contribution < 1.29 is 23.8 Å². The van der Waals surface area contributed by atoms with Gasteiger partial charge in [-0.1, -0.05) is 0 Å². The van der Waals surface area contributed by atoms with Crippen molar-refractivity contribution >= 4 is 27.8 Å². The number of carbonyl (C=O) groups excluding carboxylic acids is 2. The molecule has 6 nitrogen and oxygen atoms in total. The normalized spacial score (nSPS) is 12.0. The average Bonchev–Trinajstić information content (AvgIpc) is 2.80. The van der Waals surface area contributed by atoms with E-state index in [0.29, 0.717) is 11.3 Å². The second kappa shape index (κ2) is 8.06. The van der Waals surface area contributed by atoms with Gasteiger partial charge < -0.3 is 19.2 Å². The maximum absolute atomic E-state index is 12.2. The monoisotopic (exact) mass is 347 g/mol. The fourth-order valence-electron chi connectivity index (χ4n) is 1.64. The Morgan fingerprint density at radius 2 is 2.20 bits per heavy atom. The highest BCUT2D eigenvalue weighted by atomic mass is 79.9. The van der Waals surface area contributed by atoms with E-state index in [1.165, 1.54) is 11.0 Å². The lowest BCUT2D eigenvalue weighted by Crippen LogP contribution is -2.38. The molecule has 1 aromatic rings. The minimum atomic E-state index is -0.695. The highest BCUT2D eigenvalue weighted by molar-refractivity contribution is 9.10. The molecule has 1 atom stereocenters. The van der Waals surface area contributed by atoms with E-state index in [0.717, 1.165) is 0 Å². The van der Waals surface area contributed by atoms with E-state index in [1.54, 1.807) is 19.9 Å². The summed E-state index contributed by atoms with van der Waals surface area (Å²) in [6.07, 6.45) is -0.617. The van der Waals surface area contributed by atoms with E-state index in [4.69, 9.17) is 9.15 Å². The van der Waals surface area contributed by atoms with Crippen LogP contribution in [0.15, 0.2) is 21.2 Å². The zero-order valence-electron chi connectivity index (χ0n) is 11.5. The Hall–Kier alpha value is -1.34. The topological polar surface area (TPSA) is 80.0 Å². The van der Waals surface area contributed by atoms with Crippen LogP contribution in [0.25, 0.3) is 0 Å². The summed E-state index contributed by atoms with van der Waals surface area (Å²) >= 11 is 3.12. The third kappa shape index (κ3) is 5.34. The van der Waals surface area contributed by atoms with Crippen LogP contribution in [0.1, 0.15) is 30.8 Å². The van der Waals surface area contributed by atoms with Crippen LogP contribution in [0, 0.1) is 0 Å². The van der Waals surface area contributed by atoms with Crippen LogP contribution in [-0.4, -0.2) is 47.7 Å². The SMILES string of the molecule is CCOC(=O)CCN(CC(C)O)C(=O)c1ccc(Br)o1. The summed E-state index contributed by atoms with van der Waals surface area (Å²) in [7, 11) is 0. The Morgan fingerprint density at radius 1 is 1.50 bits per heavy atom. The van der Waals surface area contributed by atoms with Gasteiger partial charge in [0.25, 0.3) is 5.91 Å². The summed E-state index contributed by atoms with van der Waals surface area (Å²) in [4.78, 5) is 24.9. The molecular weight excluding hydrogens is 330 g/mol. The molecule has 1 N–H and O–H groups in total. The van der Waals surface area contributed by atoms with Crippen molar-refractivity contribution in [3.63, 3.8) is 0 Å². The number of halogens is 1. The van der Waals surface area contributed by atoms with Gasteiger partial charge in [0.15, 0.2) is 10.4 Å². The zero-order valence-corrected chi connectivity index (χ0v) is 13.1. The standard InChI is InChI=1S/C13H18BrNO5/c1-3-19-12(17)6-7-15(8-9(2)16)13(18)10-4-5-11(14)20-10/h4-5,9,16H,3,6-8H2,1-2H3. The molecule has 1 heterocycles. The maximum Gasteiger partial charge on any atom is 0.307 e. The zero-order chi connectivity index (χ0) is 15.1. The third-order valence-corrected chi connectivity index (χ3v) is 2.87. The molecule has 1 aromatic heterocycles. The van der Waals surface area contributed by atoms with Gasteiger partial charge in [-0.3, -0.25) is 9.59 Å². The number of furan rings is 1. The number of hydrogen-bond acceptors (Lipinski definition) is 5. The summed E-state index contributed by atoms with van der Waals surface area (Å²) in [6.45, 7) is 3.88. The lowest BCUT2D eigenvalue weighted by Gasteiger charge is -2.22. The number of rotatable bonds is 7. The fourth-order valence-corrected chi connectivity index (χ4v) is 1.95. The van der Waals surface area contributed by atoms with Crippen molar-refractivity contribution in [2.75, 3.05) is 19.7 Å². The molecule has 20 heavy (non-hydrogen) atoms. The minimum Gasteiger partial charge on any atom is -0.466 e. The van der Waals surface area contributed by atoms with Crippen LogP contribution in [0.4, 0.5) is 0 Å². The first-order chi connectivity index (χ1) is 9.43. The molecule has 0 aliphatic rings. The van der Waals surface area contributed by atoms with E-state index in [2.05, 4.69) is 15.9 Å². The number of esters is 1. The molecule has 0 saturated heterocycles. The number of aliphatic hydroxyl groups is 1. The van der Waals surface area contributed by atoms with Gasteiger partial charge in [0, 0.05) is 13.1 Å². The van der Waals surface area contributed by atoms with Crippen LogP contribution in [-0.2, 0) is 9.53 Å². The van der Waals surface area contributed by atoms with Gasteiger partial charge in [0.1, 0.15) is 0 Å². The van der Waals surface area contributed by atoms with Gasteiger partial charge in [-0.15, -0.1) is 0 Å². The molecule has 0 fully saturated rings. The Kier molecular flexibility index (Phi) is 6.74. The molecule has 0 radical (unpaired) electrons. The van der Waals surface area contributed by atoms with E-state index in [-0.39, 0.29) is 37.1 Å². The van der Waals surface area contributed by atoms with Gasteiger partial charge in [0.05, 0.1) is 19.1 Å². The maximum atomic E-state index is 12.2. The molecule has 1 unspecified atom stereocenters. The van der Waals surface area contributed by atoms with Crippen molar-refractivity contribution in [2.24, 2.45) is 0 Å². The van der Waals surface area contributed by atoms with Crippen molar-refractivity contribution in [3.8, 4) is 0 Å². The third-order valence-electron chi connectivity index (χ3n) is 2.45. The smallest absolute Gasteiger partial charge is 0.307 e. The van der Waals surface area contributed by atoms with Crippen molar-refractivity contribution in [2.45, 2.75) is 26.4 Å². The molecule has 1 amide bonds. The van der Waals surface area contributed by atoms with Gasteiger partial charge in [0.2, 0.25) is 0 Å². The molecule has 112 valence electrons. The molecule has 0 aliphatic carbocycles. The Labute approximate surface area is 125 Å². The quantitative estimate of drug-likeness (QED) is 0.761. The first kappa shape index (κ1) is 16.7. The first-order valence-corrected chi connectivity index (χ1v) is 7.11. The molecular formula is C13H18BrNO5. The van der Waals surface area contributed by atoms with Crippen LogP contribution in [0.3, 0.4) is 0 Å². The number of hydrogen-bond donors (Lipinski definition) is 1. The molecule has 0 bridgehead atoms.